The van der Waals surface area contributed by atoms with Gasteiger partial charge in [0.2, 0.25) is 5.91 Å². The van der Waals surface area contributed by atoms with Crippen LogP contribution in [-0.2, 0) is 9.59 Å². The van der Waals surface area contributed by atoms with Crippen LogP contribution in [0, 0.1) is 10.7 Å². The molecule has 0 spiro atoms. The van der Waals surface area contributed by atoms with Crippen molar-refractivity contribution in [1.29, 1.82) is 0 Å². The molecule has 0 aliphatic carbocycles. The van der Waals surface area contributed by atoms with E-state index in [0.717, 1.165) is 22.8 Å². The minimum Gasteiger partial charge on any atom is -0.480 e. The molecule has 0 radical (unpaired) electrons. The van der Waals surface area contributed by atoms with Crippen LogP contribution in [0.15, 0.2) is 6.07 Å². The molecule has 1 amide bonds. The largest absolute Gasteiger partial charge is 0.480 e. The third kappa shape index (κ3) is 5.08. The molecule has 8 heteroatoms. The van der Waals surface area contributed by atoms with Gasteiger partial charge in [-0.3, -0.25) is 4.79 Å². The van der Waals surface area contributed by atoms with E-state index in [-0.39, 0.29) is 5.91 Å². The van der Waals surface area contributed by atoms with Crippen LogP contribution in [-0.4, -0.2) is 30.1 Å². The first-order valence-corrected chi connectivity index (χ1v) is 9.33. The second-order valence-electron chi connectivity index (χ2n) is 4.18. The molecule has 116 valence electrons. The summed E-state index contributed by atoms with van der Waals surface area (Å²) in [5.74, 6) is -0.562. The number of hydrogen-bond acceptors (Lipinski definition) is 3. The van der Waals surface area contributed by atoms with Gasteiger partial charge in [-0.15, -0.1) is 0 Å². The maximum absolute atomic E-state index is 11.9. The topological polar surface area (TPSA) is 66.8 Å². The average molecular weight is 629 g/mol. The molecule has 1 N–H and O–H groups in total. The van der Waals surface area contributed by atoms with Crippen molar-refractivity contribution in [2.75, 3.05) is 18.1 Å². The van der Waals surface area contributed by atoms with Gasteiger partial charge < -0.3 is 14.7 Å². The molecular weight excluding hydrogens is 615 g/mol. The van der Waals surface area contributed by atoms with E-state index in [1.807, 2.05) is 13.0 Å². The van der Waals surface area contributed by atoms with Gasteiger partial charge >= 0.3 is 5.97 Å². The summed E-state index contributed by atoms with van der Waals surface area (Å²) in [6, 6.07) is 1.89. The van der Waals surface area contributed by atoms with E-state index < -0.39 is 12.6 Å². The minimum absolute atomic E-state index is 0.0434. The highest BCUT2D eigenvalue weighted by Crippen LogP contribution is 2.39. The first-order chi connectivity index (χ1) is 9.79. The molecule has 0 unspecified atom stereocenters. The molecule has 1 aromatic carbocycles. The standard InChI is InChI=1S/C13H14I3NO4/c1-3-4-17(7(2)18)12-8(14)5-9(15)13(11(12)16)21-6-10(19)20/h5H,3-4,6H2,1-2H3,(H,19,20). The molecule has 0 saturated heterocycles. The second-order valence-corrected chi connectivity index (χ2v) is 7.59. The van der Waals surface area contributed by atoms with Crippen LogP contribution in [0.3, 0.4) is 0 Å². The van der Waals surface area contributed by atoms with Crippen molar-refractivity contribution >= 4 is 85.3 Å². The third-order valence-corrected chi connectivity index (χ3v) is 5.17. The number of carboxylic acid groups (broad SMARTS) is 1. The van der Waals surface area contributed by atoms with Crippen molar-refractivity contribution in [2.24, 2.45) is 0 Å². The lowest BCUT2D eigenvalue weighted by atomic mass is 10.2. The van der Waals surface area contributed by atoms with Crippen LogP contribution in [0.4, 0.5) is 5.69 Å². The fourth-order valence-corrected chi connectivity index (χ4v) is 5.99. The molecule has 0 atom stereocenters. The van der Waals surface area contributed by atoms with Crippen molar-refractivity contribution in [2.45, 2.75) is 20.3 Å². The zero-order valence-electron chi connectivity index (χ0n) is 11.5. The van der Waals surface area contributed by atoms with Crippen LogP contribution in [0.2, 0.25) is 0 Å². The monoisotopic (exact) mass is 629 g/mol. The third-order valence-electron chi connectivity index (χ3n) is 2.54. The number of carboxylic acids is 1. The molecule has 0 aliphatic rings. The van der Waals surface area contributed by atoms with E-state index in [1.165, 1.54) is 6.92 Å². The summed E-state index contributed by atoms with van der Waals surface area (Å²) in [7, 11) is 0. The number of carbonyl (C=O) groups excluding carboxylic acids is 1. The van der Waals surface area contributed by atoms with Gasteiger partial charge in [-0.1, -0.05) is 6.92 Å². The maximum Gasteiger partial charge on any atom is 0.341 e. The number of hydrogen-bond donors (Lipinski definition) is 1. The van der Waals surface area contributed by atoms with Crippen molar-refractivity contribution in [3.63, 3.8) is 0 Å². The summed E-state index contributed by atoms with van der Waals surface area (Å²) >= 11 is 6.40. The van der Waals surface area contributed by atoms with E-state index in [2.05, 4.69) is 67.8 Å². The number of aliphatic carboxylic acids is 1. The highest BCUT2D eigenvalue weighted by molar-refractivity contribution is 14.1. The number of nitrogens with zero attached hydrogens (tertiary/aromatic N) is 1. The lowest BCUT2D eigenvalue weighted by molar-refractivity contribution is -0.139. The van der Waals surface area contributed by atoms with E-state index in [0.29, 0.717) is 12.3 Å². The Morgan fingerprint density at radius 3 is 2.38 bits per heavy atom. The number of rotatable bonds is 6. The molecule has 0 saturated carbocycles. The van der Waals surface area contributed by atoms with E-state index in [1.54, 1.807) is 4.90 Å². The highest BCUT2D eigenvalue weighted by Gasteiger charge is 2.22. The zero-order valence-corrected chi connectivity index (χ0v) is 17.9. The van der Waals surface area contributed by atoms with Gasteiger partial charge in [0.05, 0.1) is 12.8 Å². The van der Waals surface area contributed by atoms with Gasteiger partial charge in [0.15, 0.2) is 6.61 Å². The Hall–Kier alpha value is 0.150. The number of ether oxygens (including phenoxy) is 1. The zero-order chi connectivity index (χ0) is 16.2. The summed E-state index contributed by atoms with van der Waals surface area (Å²) < 4.78 is 7.90. The van der Waals surface area contributed by atoms with Gasteiger partial charge in [0, 0.05) is 17.0 Å². The van der Waals surface area contributed by atoms with E-state index >= 15 is 0 Å². The van der Waals surface area contributed by atoms with Crippen LogP contribution >= 0.6 is 67.8 Å². The molecule has 0 aliphatic heterocycles. The van der Waals surface area contributed by atoms with E-state index in [4.69, 9.17) is 9.84 Å². The first kappa shape index (κ1) is 19.2. The SMILES string of the molecule is CCCN(C(C)=O)c1c(I)cc(I)c(OCC(=O)O)c1I. The summed E-state index contributed by atoms with van der Waals surface area (Å²) in [4.78, 5) is 24.3. The van der Waals surface area contributed by atoms with Crippen molar-refractivity contribution < 1.29 is 19.4 Å². The van der Waals surface area contributed by atoms with Gasteiger partial charge in [-0.2, -0.15) is 0 Å². The van der Waals surface area contributed by atoms with Crippen molar-refractivity contribution in [1.82, 2.24) is 0 Å². The summed E-state index contributed by atoms with van der Waals surface area (Å²) in [5, 5.41) is 8.77. The lowest BCUT2D eigenvalue weighted by Gasteiger charge is -2.25. The fourth-order valence-electron chi connectivity index (χ4n) is 1.73. The molecule has 5 nitrogen and oxygen atoms in total. The Kier molecular flexibility index (Phi) is 7.95. The molecule has 0 fully saturated rings. The maximum atomic E-state index is 11.9. The molecule has 0 bridgehead atoms. The smallest absolute Gasteiger partial charge is 0.341 e. The van der Waals surface area contributed by atoms with Crippen LogP contribution in [0.5, 0.6) is 5.75 Å². The average Bonchev–Trinajstić information content (AvgIpc) is 2.36. The molecule has 0 aromatic heterocycles. The normalized spacial score (nSPS) is 10.3. The Labute approximate surface area is 164 Å². The van der Waals surface area contributed by atoms with Crippen LogP contribution in [0.25, 0.3) is 0 Å². The fraction of sp³-hybridized carbons (Fsp3) is 0.385. The van der Waals surface area contributed by atoms with Gasteiger partial charge in [-0.25, -0.2) is 4.79 Å². The molecule has 1 aromatic rings. The van der Waals surface area contributed by atoms with Crippen LogP contribution in [0.1, 0.15) is 20.3 Å². The Morgan fingerprint density at radius 1 is 1.29 bits per heavy atom. The quantitative estimate of drug-likeness (QED) is 0.488. The second kappa shape index (κ2) is 8.70. The lowest BCUT2D eigenvalue weighted by Crippen LogP contribution is -2.31. The van der Waals surface area contributed by atoms with Crippen molar-refractivity contribution in [3.8, 4) is 5.75 Å². The highest BCUT2D eigenvalue weighted by atomic mass is 127. The van der Waals surface area contributed by atoms with Gasteiger partial charge in [0.1, 0.15) is 5.75 Å². The number of anilines is 1. The van der Waals surface area contributed by atoms with E-state index in [9.17, 15) is 9.59 Å². The number of carbonyl (C=O) groups is 2. The predicted octanol–water partition coefficient (Wildman–Crippen LogP) is 3.73. The number of benzene rings is 1. The molecule has 1 rings (SSSR count). The van der Waals surface area contributed by atoms with Gasteiger partial charge in [0.25, 0.3) is 0 Å². The minimum atomic E-state index is -1.03. The predicted molar refractivity (Wildman–Crippen MR) is 106 cm³/mol. The van der Waals surface area contributed by atoms with Crippen molar-refractivity contribution in [3.05, 3.63) is 16.8 Å². The molecule has 21 heavy (non-hydrogen) atoms. The Morgan fingerprint density at radius 2 is 1.90 bits per heavy atom. The molecular formula is C13H14I3NO4. The first-order valence-electron chi connectivity index (χ1n) is 6.09. The van der Waals surface area contributed by atoms with Gasteiger partial charge in [-0.05, 0) is 80.3 Å². The summed E-state index contributed by atoms with van der Waals surface area (Å²) in [6.45, 7) is 3.74. The Balaban J connectivity index is 3.34. The Bertz CT molecular complexity index is 563. The summed E-state index contributed by atoms with van der Waals surface area (Å²) in [5.41, 5.74) is 0.784. The summed E-state index contributed by atoms with van der Waals surface area (Å²) in [6.07, 6.45) is 0.836. The molecule has 0 heterocycles. The number of amides is 1. The van der Waals surface area contributed by atoms with Crippen LogP contribution < -0.4 is 9.64 Å². The number of halogens is 3.